The van der Waals surface area contributed by atoms with Gasteiger partial charge in [-0.05, 0) is 44.2 Å². The van der Waals surface area contributed by atoms with E-state index in [1.807, 2.05) is 30.3 Å². The molecule has 0 spiro atoms. The van der Waals surface area contributed by atoms with Crippen LogP contribution < -0.4 is 5.30 Å². The zero-order valence-electron chi connectivity index (χ0n) is 28.2. The largest absolute Gasteiger partial charge is 0.393 e. The zero-order chi connectivity index (χ0) is 33.3. The molecule has 4 nitrogen and oxygen atoms in total. The number of hydrogen-bond donors (Lipinski definition) is 0. The van der Waals surface area contributed by atoms with Crippen molar-refractivity contribution in [3.63, 3.8) is 0 Å². The predicted molar refractivity (Wildman–Crippen MR) is 172 cm³/mol. The number of alkyl halides is 3. The van der Waals surface area contributed by atoms with Gasteiger partial charge >= 0.3 is 6.18 Å². The summed E-state index contributed by atoms with van der Waals surface area (Å²) in [4.78, 5) is 0. The van der Waals surface area contributed by atoms with Crippen LogP contribution in [0.1, 0.15) is 82.6 Å². The monoisotopic (exact) mass is 624 g/mol. The third-order valence-electron chi connectivity index (χ3n) is 3.29. The van der Waals surface area contributed by atoms with Gasteiger partial charge in [0.05, 0.1) is 12.6 Å². The van der Waals surface area contributed by atoms with E-state index in [1.165, 1.54) is 6.42 Å². The van der Waals surface area contributed by atoms with Crippen molar-refractivity contribution in [2.24, 2.45) is 16.2 Å². The summed E-state index contributed by atoms with van der Waals surface area (Å²) < 4.78 is 75.6. The van der Waals surface area contributed by atoms with Crippen molar-refractivity contribution >= 4 is 29.4 Å². The smallest absolute Gasteiger partial charge is 0.324 e. The van der Waals surface area contributed by atoms with Crippen LogP contribution in [-0.4, -0.2) is 60.4 Å². The normalized spacial score (nSPS) is 12.2. The molecule has 0 saturated heterocycles. The summed E-state index contributed by atoms with van der Waals surface area (Å²) in [6.07, 6.45) is -0.472. The third-order valence-corrected chi connectivity index (χ3v) is 4.83. The molecule has 0 aliphatic carbocycles. The highest BCUT2D eigenvalue weighted by Gasteiger charge is 2.42. The lowest BCUT2D eigenvalue weighted by atomic mass is 9.94. The zero-order valence-corrected chi connectivity index (χ0v) is 30.8. The van der Waals surface area contributed by atoms with Gasteiger partial charge in [-0.1, -0.05) is 113 Å². The van der Waals surface area contributed by atoms with Crippen LogP contribution in [0.4, 0.5) is 13.2 Å². The molecule has 1 rings (SSSR count). The van der Waals surface area contributed by atoms with E-state index in [4.69, 9.17) is 0 Å². The lowest BCUT2D eigenvalue weighted by Crippen LogP contribution is -2.28. The second kappa shape index (κ2) is 19.5. The van der Waals surface area contributed by atoms with Gasteiger partial charge in [-0.3, -0.25) is 0 Å². The number of benzene rings is 1. The average molecular weight is 625 g/mol. The SMILES string of the molecule is CC(C)(C)C.CC(C)(C)C(F)(F)F.CCC(C)(C)C.CP(C)(=O)c1ccccc1.CP(C)(C)=O.CS(C)(=O)=O. The lowest BCUT2D eigenvalue weighted by Gasteiger charge is -2.21. The van der Waals surface area contributed by atoms with Gasteiger partial charge in [0.2, 0.25) is 0 Å². The molecule has 0 N–H and O–H groups in total. The Kier molecular flexibility index (Phi) is 24.1. The van der Waals surface area contributed by atoms with Crippen LogP contribution in [0.15, 0.2) is 30.3 Å². The third kappa shape index (κ3) is 72.7. The molecule has 0 unspecified atom stereocenters. The van der Waals surface area contributed by atoms with Crippen molar-refractivity contribution in [3.05, 3.63) is 30.3 Å². The minimum atomic E-state index is -4.06. The highest BCUT2D eigenvalue weighted by Crippen LogP contribution is 2.36. The average Bonchev–Trinajstić information content (AvgIpc) is 2.56. The Morgan fingerprint density at radius 2 is 0.872 bits per heavy atom. The Labute approximate surface area is 241 Å². The van der Waals surface area contributed by atoms with Crippen molar-refractivity contribution in [1.82, 2.24) is 0 Å². The van der Waals surface area contributed by atoms with E-state index in [-0.39, 0.29) is 0 Å². The molecule has 0 aliphatic rings. The van der Waals surface area contributed by atoms with E-state index in [0.717, 1.165) is 38.6 Å². The van der Waals surface area contributed by atoms with Crippen LogP contribution in [-0.2, 0) is 19.0 Å². The maximum absolute atomic E-state index is 11.6. The molecule has 0 radical (unpaired) electrons. The van der Waals surface area contributed by atoms with Crippen LogP contribution in [0, 0.1) is 16.2 Å². The Morgan fingerprint density at radius 3 is 0.949 bits per heavy atom. The molecule has 0 fully saturated rings. The van der Waals surface area contributed by atoms with Crippen molar-refractivity contribution in [2.45, 2.75) is 88.8 Å². The van der Waals surface area contributed by atoms with Gasteiger partial charge in [-0.25, -0.2) is 8.42 Å². The minimum absolute atomic E-state index is 0.500. The summed E-state index contributed by atoms with van der Waals surface area (Å²) in [5.74, 6) is 0. The predicted octanol–water partition coefficient (Wildman–Crippen LogP) is 9.92. The molecule has 0 amide bonds. The number of halogens is 3. The van der Waals surface area contributed by atoms with Gasteiger partial charge in [-0.2, -0.15) is 13.2 Å². The van der Waals surface area contributed by atoms with Crippen LogP contribution >= 0.6 is 14.3 Å². The van der Waals surface area contributed by atoms with Crippen molar-refractivity contribution < 1.29 is 30.7 Å². The van der Waals surface area contributed by atoms with E-state index >= 15 is 0 Å². The highest BCUT2D eigenvalue weighted by atomic mass is 32.2. The maximum atomic E-state index is 11.6. The molecule has 0 aliphatic heterocycles. The minimum Gasteiger partial charge on any atom is -0.324 e. The van der Waals surface area contributed by atoms with Crippen LogP contribution in [0.25, 0.3) is 0 Å². The van der Waals surface area contributed by atoms with Gasteiger partial charge < -0.3 is 9.13 Å². The number of sulfone groups is 1. The summed E-state index contributed by atoms with van der Waals surface area (Å²) in [6, 6.07) is 9.56. The van der Waals surface area contributed by atoms with Crippen molar-refractivity contribution in [2.75, 3.05) is 45.8 Å². The molecule has 238 valence electrons. The van der Waals surface area contributed by atoms with Gasteiger partial charge in [0, 0.05) is 17.8 Å². The molecule has 1 aromatic carbocycles. The summed E-state index contributed by atoms with van der Waals surface area (Å²) in [7, 11) is -6.32. The van der Waals surface area contributed by atoms with Gasteiger partial charge in [-0.15, -0.1) is 0 Å². The first-order valence-corrected chi connectivity index (χ1v) is 20.7. The molecule has 39 heavy (non-hydrogen) atoms. The van der Waals surface area contributed by atoms with E-state index in [2.05, 4.69) is 55.4 Å². The Morgan fingerprint density at radius 1 is 0.692 bits per heavy atom. The Bertz CT molecular complexity index is 892. The summed E-state index contributed by atoms with van der Waals surface area (Å²) >= 11 is 0. The summed E-state index contributed by atoms with van der Waals surface area (Å²) in [6.45, 7) is 29.9. The van der Waals surface area contributed by atoms with Crippen molar-refractivity contribution in [1.29, 1.82) is 0 Å². The molecule has 0 atom stereocenters. The molecule has 10 heteroatoms. The number of hydrogen-bond acceptors (Lipinski definition) is 4. The quantitative estimate of drug-likeness (QED) is 0.292. The number of rotatable bonds is 1. The van der Waals surface area contributed by atoms with E-state index in [0.29, 0.717) is 10.8 Å². The van der Waals surface area contributed by atoms with E-state index < -0.39 is 35.7 Å². The summed E-state index contributed by atoms with van der Waals surface area (Å²) in [5, 5.41) is 0.954. The molecule has 0 aromatic heterocycles. The van der Waals surface area contributed by atoms with Crippen molar-refractivity contribution in [3.8, 4) is 0 Å². The first-order chi connectivity index (χ1) is 16.4. The Hall–Kier alpha value is -0.580. The maximum Gasteiger partial charge on any atom is 0.393 e. The molecule has 0 saturated carbocycles. The second-order valence-corrected chi connectivity index (χ2v) is 23.7. The topological polar surface area (TPSA) is 68.3 Å². The molecule has 0 heterocycles. The lowest BCUT2D eigenvalue weighted by molar-refractivity contribution is -0.204. The standard InChI is InChI=1S/C8H11OP.C6H14.C5H9F3.C5H12.C3H9OP.C2H6O2S/c1-10(2,9)8-6-4-3-5-7-8;1-5-6(2,3)4;1-4(2,3)5(6,7)8;3*1-5(2,3)4/h3-7H,1-2H3;5H2,1-4H3;1-3H3;1-4H3;1-3H3;1-2H3. The van der Waals surface area contributed by atoms with Crippen LogP contribution in [0.5, 0.6) is 0 Å². The first kappa shape index (κ1) is 48.2. The second-order valence-electron chi connectivity index (χ2n) is 14.4. The van der Waals surface area contributed by atoms with Gasteiger partial charge in [0.25, 0.3) is 0 Å². The first-order valence-electron chi connectivity index (χ1n) is 12.8. The Balaban J connectivity index is -0.000000122. The van der Waals surface area contributed by atoms with Crippen LogP contribution in [0.2, 0.25) is 0 Å². The van der Waals surface area contributed by atoms with Crippen LogP contribution in [0.3, 0.4) is 0 Å². The molecule has 0 bridgehead atoms. The summed E-state index contributed by atoms with van der Waals surface area (Å²) in [5.41, 5.74) is -0.521. The van der Waals surface area contributed by atoms with E-state index in [1.54, 1.807) is 33.3 Å². The van der Waals surface area contributed by atoms with Gasteiger partial charge in [0.1, 0.15) is 17.0 Å². The van der Waals surface area contributed by atoms with E-state index in [9.17, 15) is 30.7 Å². The fraction of sp³-hybridized carbons (Fsp3) is 0.793. The highest BCUT2D eigenvalue weighted by molar-refractivity contribution is 7.89. The fourth-order valence-electron chi connectivity index (χ4n) is 0.787. The molecular weight excluding hydrogens is 563 g/mol. The van der Waals surface area contributed by atoms with Gasteiger partial charge in [0.15, 0.2) is 0 Å². The fourth-order valence-corrected chi connectivity index (χ4v) is 1.68. The molecular formula is C29H61F3O4P2S. The molecule has 1 aromatic rings.